The zero-order valence-electron chi connectivity index (χ0n) is 17.0. The monoisotopic (exact) mass is 445 g/mol. The number of amides is 2. The van der Waals surface area contributed by atoms with Crippen molar-refractivity contribution in [2.45, 2.75) is 37.1 Å². The van der Waals surface area contributed by atoms with Gasteiger partial charge in [-0.2, -0.15) is 4.31 Å². The minimum absolute atomic E-state index is 0.161. The number of carbonyl (C=O) groups is 2. The summed E-state index contributed by atoms with van der Waals surface area (Å²) in [5.74, 6) is -0.879. The molecule has 2 aliphatic heterocycles. The first-order valence-corrected chi connectivity index (χ1v) is 11.7. The highest BCUT2D eigenvalue weighted by Gasteiger charge is 2.31. The summed E-state index contributed by atoms with van der Waals surface area (Å²) in [6, 6.07) is 10.5. The van der Waals surface area contributed by atoms with Gasteiger partial charge < -0.3 is 10.2 Å². The van der Waals surface area contributed by atoms with E-state index in [2.05, 4.69) is 5.32 Å². The van der Waals surface area contributed by atoms with Crippen LogP contribution >= 0.6 is 0 Å². The Labute approximate surface area is 180 Å². The summed E-state index contributed by atoms with van der Waals surface area (Å²) < 4.78 is 40.2. The maximum absolute atomic E-state index is 13.0. The van der Waals surface area contributed by atoms with Gasteiger partial charge in [-0.25, -0.2) is 12.8 Å². The van der Waals surface area contributed by atoms with E-state index >= 15 is 0 Å². The molecule has 0 saturated carbocycles. The summed E-state index contributed by atoms with van der Waals surface area (Å²) in [5.41, 5.74) is 2.05. The van der Waals surface area contributed by atoms with Crippen molar-refractivity contribution < 1.29 is 22.4 Å². The lowest BCUT2D eigenvalue weighted by Crippen LogP contribution is -2.43. The molecule has 7 nitrogen and oxygen atoms in total. The van der Waals surface area contributed by atoms with Crippen molar-refractivity contribution in [1.82, 2.24) is 9.62 Å². The molecule has 0 aliphatic carbocycles. The maximum Gasteiger partial charge on any atom is 0.243 e. The van der Waals surface area contributed by atoms with Crippen LogP contribution in [0.3, 0.4) is 0 Å². The van der Waals surface area contributed by atoms with Crippen LogP contribution in [0.4, 0.5) is 10.1 Å². The zero-order chi connectivity index (χ0) is 22.0. The normalized spacial score (nSPS) is 16.9. The van der Waals surface area contributed by atoms with Crippen molar-refractivity contribution in [3.63, 3.8) is 0 Å². The lowest BCUT2D eigenvalue weighted by Gasteiger charge is -2.29. The molecule has 0 radical (unpaired) electrons. The Bertz CT molecular complexity index is 1100. The Morgan fingerprint density at radius 1 is 1.03 bits per heavy atom. The first-order valence-electron chi connectivity index (χ1n) is 10.3. The molecular weight excluding hydrogens is 421 g/mol. The fourth-order valence-corrected chi connectivity index (χ4v) is 5.52. The third-order valence-corrected chi connectivity index (χ3v) is 7.55. The first kappa shape index (κ1) is 21.5. The van der Waals surface area contributed by atoms with Gasteiger partial charge in [0.2, 0.25) is 21.8 Å². The van der Waals surface area contributed by atoms with Gasteiger partial charge in [-0.1, -0.05) is 12.1 Å². The average Bonchev–Trinajstić information content (AvgIpc) is 3.31. The third-order valence-electron chi connectivity index (χ3n) is 5.66. The Morgan fingerprint density at radius 3 is 2.45 bits per heavy atom. The highest BCUT2D eigenvalue weighted by Crippen LogP contribution is 2.31. The number of benzene rings is 2. The van der Waals surface area contributed by atoms with Crippen molar-refractivity contribution in [3.05, 3.63) is 59.4 Å². The maximum atomic E-state index is 13.0. The number of aryl methyl sites for hydroxylation is 1. The van der Waals surface area contributed by atoms with Gasteiger partial charge in [0.05, 0.1) is 4.90 Å². The molecule has 0 spiro atoms. The fourth-order valence-electron chi connectivity index (χ4n) is 3.95. The molecular formula is C22H24FN3O4S. The molecule has 0 unspecified atom stereocenters. The van der Waals surface area contributed by atoms with Gasteiger partial charge in [-0.05, 0) is 60.7 Å². The molecule has 1 fully saturated rings. The highest BCUT2D eigenvalue weighted by atomic mass is 32.2. The van der Waals surface area contributed by atoms with Crippen LogP contribution in [-0.2, 0) is 32.6 Å². The number of anilines is 1. The number of nitrogens with one attached hydrogen (secondary N) is 1. The summed E-state index contributed by atoms with van der Waals surface area (Å²) in [5, 5.41) is 2.73. The number of rotatable bonds is 6. The summed E-state index contributed by atoms with van der Waals surface area (Å²) in [6.45, 7) is 1.11. The molecule has 2 aromatic carbocycles. The van der Waals surface area contributed by atoms with E-state index in [0.717, 1.165) is 24.0 Å². The topological polar surface area (TPSA) is 86.8 Å². The van der Waals surface area contributed by atoms with Crippen LogP contribution in [-0.4, -0.2) is 44.2 Å². The van der Waals surface area contributed by atoms with Crippen molar-refractivity contribution >= 4 is 27.5 Å². The minimum Gasteiger partial charge on any atom is -0.350 e. The Morgan fingerprint density at radius 2 is 1.74 bits per heavy atom. The quantitative estimate of drug-likeness (QED) is 0.739. The lowest BCUT2D eigenvalue weighted by molar-refractivity contribution is -0.124. The Hall–Kier alpha value is -2.78. The van der Waals surface area contributed by atoms with Crippen molar-refractivity contribution in [2.75, 3.05) is 24.5 Å². The number of nitrogens with zero attached hydrogens (tertiary/aromatic N) is 2. The number of hydrogen-bond acceptors (Lipinski definition) is 4. The average molecular weight is 446 g/mol. The molecule has 1 N–H and O–H groups in total. The standard InChI is InChI=1S/C22H24FN3O4S/c23-18-6-3-16(4-7-18)14-24-21(27)15-26-20-9-8-19(13-17(20)5-10-22(26)28)31(29,30)25-11-1-2-12-25/h3-4,6-9,13H,1-2,5,10-12,14-15H2,(H,24,27). The number of carbonyl (C=O) groups excluding carboxylic acids is 2. The predicted molar refractivity (Wildman–Crippen MR) is 113 cm³/mol. The van der Waals surface area contributed by atoms with Crippen molar-refractivity contribution in [1.29, 1.82) is 0 Å². The van der Waals surface area contributed by atoms with Gasteiger partial charge in [0.25, 0.3) is 0 Å². The molecule has 0 aromatic heterocycles. The van der Waals surface area contributed by atoms with Crippen molar-refractivity contribution in [2.24, 2.45) is 0 Å². The Balaban J connectivity index is 1.48. The summed E-state index contributed by atoms with van der Waals surface area (Å²) in [6.07, 6.45) is 2.37. The van der Waals surface area contributed by atoms with Gasteiger partial charge in [0, 0.05) is 31.7 Å². The predicted octanol–water partition coefficient (Wildman–Crippen LogP) is 2.21. The van der Waals surface area contributed by atoms with E-state index in [1.54, 1.807) is 24.3 Å². The van der Waals surface area contributed by atoms with E-state index in [4.69, 9.17) is 0 Å². The number of halogens is 1. The molecule has 164 valence electrons. The van der Waals surface area contributed by atoms with Gasteiger partial charge in [0.15, 0.2) is 0 Å². The van der Waals surface area contributed by atoms with Crippen LogP contribution in [0, 0.1) is 5.82 Å². The van der Waals surface area contributed by atoms with Gasteiger partial charge in [-0.3, -0.25) is 9.59 Å². The van der Waals surface area contributed by atoms with Crippen LogP contribution in [0.1, 0.15) is 30.4 Å². The number of fused-ring (bicyclic) bond motifs is 1. The molecule has 31 heavy (non-hydrogen) atoms. The summed E-state index contributed by atoms with van der Waals surface area (Å²) in [7, 11) is -3.54. The number of hydrogen-bond donors (Lipinski definition) is 1. The van der Waals surface area contributed by atoms with E-state index in [0.29, 0.717) is 25.2 Å². The fraction of sp³-hybridized carbons (Fsp3) is 0.364. The first-order chi connectivity index (χ1) is 14.8. The van der Waals surface area contributed by atoms with E-state index in [-0.39, 0.29) is 42.0 Å². The van der Waals surface area contributed by atoms with Gasteiger partial charge >= 0.3 is 0 Å². The van der Waals surface area contributed by atoms with Gasteiger partial charge in [-0.15, -0.1) is 0 Å². The van der Waals surface area contributed by atoms with E-state index < -0.39 is 10.0 Å². The largest absolute Gasteiger partial charge is 0.350 e. The Kier molecular flexibility index (Phi) is 6.06. The second-order valence-electron chi connectivity index (χ2n) is 7.78. The molecule has 0 bridgehead atoms. The molecule has 9 heteroatoms. The van der Waals surface area contributed by atoms with Crippen LogP contribution in [0.25, 0.3) is 0 Å². The zero-order valence-corrected chi connectivity index (χ0v) is 17.8. The SMILES string of the molecule is O=C(CN1C(=O)CCc2cc(S(=O)(=O)N3CCCC3)ccc21)NCc1ccc(F)cc1. The van der Waals surface area contributed by atoms with E-state index in [1.165, 1.54) is 27.4 Å². The molecule has 4 rings (SSSR count). The van der Waals surface area contributed by atoms with Crippen LogP contribution in [0.15, 0.2) is 47.4 Å². The van der Waals surface area contributed by atoms with Crippen LogP contribution in [0.5, 0.6) is 0 Å². The smallest absolute Gasteiger partial charge is 0.243 e. The molecule has 2 amide bonds. The molecule has 2 aliphatic rings. The molecule has 2 aromatic rings. The van der Waals surface area contributed by atoms with Crippen molar-refractivity contribution in [3.8, 4) is 0 Å². The van der Waals surface area contributed by atoms with Crippen LogP contribution < -0.4 is 10.2 Å². The summed E-state index contributed by atoms with van der Waals surface area (Å²) in [4.78, 5) is 26.5. The second kappa shape index (κ2) is 8.76. The molecule has 1 saturated heterocycles. The molecule has 0 atom stereocenters. The van der Waals surface area contributed by atoms with Crippen LogP contribution in [0.2, 0.25) is 0 Å². The van der Waals surface area contributed by atoms with E-state index in [9.17, 15) is 22.4 Å². The minimum atomic E-state index is -3.54. The third kappa shape index (κ3) is 4.62. The van der Waals surface area contributed by atoms with E-state index in [1.807, 2.05) is 0 Å². The van der Waals surface area contributed by atoms with Gasteiger partial charge in [0.1, 0.15) is 12.4 Å². The molecule has 2 heterocycles. The highest BCUT2D eigenvalue weighted by molar-refractivity contribution is 7.89. The second-order valence-corrected chi connectivity index (χ2v) is 9.72. The number of sulfonamides is 1. The lowest BCUT2D eigenvalue weighted by atomic mass is 10.0. The summed E-state index contributed by atoms with van der Waals surface area (Å²) >= 11 is 0.